The molecule has 0 radical (unpaired) electrons. The summed E-state index contributed by atoms with van der Waals surface area (Å²) in [5, 5.41) is 8.66. The number of hydrogen-bond acceptors (Lipinski definition) is 2. The van der Waals surface area contributed by atoms with Gasteiger partial charge in [-0.15, -0.1) is 0 Å². The molecule has 3 nitrogen and oxygen atoms in total. The molecule has 1 aliphatic carbocycles. The highest BCUT2D eigenvalue weighted by atomic mass is 19.1. The first-order chi connectivity index (χ1) is 9.52. The Kier molecular flexibility index (Phi) is 4.41. The summed E-state index contributed by atoms with van der Waals surface area (Å²) < 4.78 is 13.8. The zero-order valence-electron chi connectivity index (χ0n) is 11.7. The van der Waals surface area contributed by atoms with Crippen LogP contribution in [-0.2, 0) is 0 Å². The monoisotopic (exact) mass is 275 g/mol. The fourth-order valence-corrected chi connectivity index (χ4v) is 2.20. The van der Waals surface area contributed by atoms with Crippen LogP contribution < -0.4 is 0 Å². The molecular weight excluding hydrogens is 257 g/mol. The van der Waals surface area contributed by atoms with Crippen LogP contribution in [-0.4, -0.2) is 36.1 Å². The summed E-state index contributed by atoms with van der Waals surface area (Å²) in [5.74, 6) is 5.48. The number of hydrogen-bond donors (Lipinski definition) is 1. The zero-order valence-corrected chi connectivity index (χ0v) is 11.7. The molecule has 1 saturated carbocycles. The Bertz CT molecular complexity index is 574. The summed E-state index contributed by atoms with van der Waals surface area (Å²) in [7, 11) is 1.69. The van der Waals surface area contributed by atoms with Gasteiger partial charge in [-0.1, -0.05) is 18.8 Å². The van der Waals surface area contributed by atoms with Gasteiger partial charge in [0, 0.05) is 19.2 Å². The van der Waals surface area contributed by atoms with E-state index < -0.39 is 5.82 Å². The third-order valence-electron chi connectivity index (χ3n) is 3.64. The first kappa shape index (κ1) is 14.5. The third-order valence-corrected chi connectivity index (χ3v) is 3.64. The first-order valence-corrected chi connectivity index (χ1v) is 6.67. The van der Waals surface area contributed by atoms with Gasteiger partial charge >= 0.3 is 0 Å². The quantitative estimate of drug-likeness (QED) is 0.856. The van der Waals surface area contributed by atoms with Crippen LogP contribution in [0.15, 0.2) is 18.2 Å². The highest BCUT2D eigenvalue weighted by Gasteiger charge is 2.34. The molecule has 1 N–H and O–H groups in total. The van der Waals surface area contributed by atoms with Gasteiger partial charge in [-0.2, -0.15) is 0 Å². The normalized spacial score (nSPS) is 20.0. The molecule has 1 amide bonds. The Labute approximate surface area is 118 Å². The fourth-order valence-electron chi connectivity index (χ4n) is 2.20. The number of benzene rings is 1. The van der Waals surface area contributed by atoms with Crippen LogP contribution in [0.1, 0.15) is 29.3 Å². The average molecular weight is 275 g/mol. The molecule has 0 aliphatic heterocycles. The standard InChI is InChI=1S/C16H18FNO2/c1-11-8-13(11)10-18(2)16(20)14-9-12(4-3-7-19)5-6-15(14)17/h5-6,9,11,13,19H,7-8,10H2,1-2H3. The Morgan fingerprint density at radius 2 is 2.25 bits per heavy atom. The Balaban J connectivity index is 2.15. The molecule has 20 heavy (non-hydrogen) atoms. The number of amides is 1. The molecule has 1 aliphatic rings. The Morgan fingerprint density at radius 3 is 2.85 bits per heavy atom. The summed E-state index contributed by atoms with van der Waals surface area (Å²) in [6.45, 7) is 2.54. The van der Waals surface area contributed by atoms with Gasteiger partial charge in [0.15, 0.2) is 0 Å². The molecule has 0 spiro atoms. The molecule has 0 saturated heterocycles. The van der Waals surface area contributed by atoms with E-state index in [-0.39, 0.29) is 18.1 Å². The summed E-state index contributed by atoms with van der Waals surface area (Å²) in [6, 6.07) is 4.17. The van der Waals surface area contributed by atoms with E-state index in [4.69, 9.17) is 5.11 Å². The number of halogens is 1. The van der Waals surface area contributed by atoms with Crippen molar-refractivity contribution in [3.8, 4) is 11.8 Å². The predicted octanol–water partition coefficient (Wildman–Crippen LogP) is 1.90. The molecule has 106 valence electrons. The molecule has 2 atom stereocenters. The van der Waals surface area contributed by atoms with Crippen LogP contribution in [0.5, 0.6) is 0 Å². The highest BCUT2D eigenvalue weighted by Crippen LogP contribution is 2.38. The topological polar surface area (TPSA) is 40.5 Å². The number of rotatable bonds is 3. The predicted molar refractivity (Wildman–Crippen MR) is 74.6 cm³/mol. The molecule has 1 aromatic carbocycles. The molecule has 1 fully saturated rings. The van der Waals surface area contributed by atoms with E-state index in [0.717, 1.165) is 6.42 Å². The van der Waals surface area contributed by atoms with Crippen molar-refractivity contribution in [2.24, 2.45) is 11.8 Å². The lowest BCUT2D eigenvalue weighted by atomic mass is 10.1. The lowest BCUT2D eigenvalue weighted by Crippen LogP contribution is -2.29. The van der Waals surface area contributed by atoms with E-state index in [1.165, 1.54) is 18.2 Å². The van der Waals surface area contributed by atoms with Crippen LogP contribution in [0.25, 0.3) is 0 Å². The smallest absolute Gasteiger partial charge is 0.256 e. The van der Waals surface area contributed by atoms with E-state index >= 15 is 0 Å². The van der Waals surface area contributed by atoms with Gasteiger partial charge in [-0.25, -0.2) is 4.39 Å². The van der Waals surface area contributed by atoms with Crippen LogP contribution in [0.2, 0.25) is 0 Å². The van der Waals surface area contributed by atoms with E-state index in [2.05, 4.69) is 18.8 Å². The fraction of sp³-hybridized carbons (Fsp3) is 0.438. The maximum Gasteiger partial charge on any atom is 0.256 e. The summed E-state index contributed by atoms with van der Waals surface area (Å²) in [4.78, 5) is 13.8. The third kappa shape index (κ3) is 3.37. The minimum Gasteiger partial charge on any atom is -0.384 e. The minimum absolute atomic E-state index is 0.0329. The van der Waals surface area contributed by atoms with Crippen molar-refractivity contribution in [1.82, 2.24) is 4.90 Å². The number of aliphatic hydroxyl groups excluding tert-OH is 1. The van der Waals surface area contributed by atoms with Crippen LogP contribution >= 0.6 is 0 Å². The van der Waals surface area contributed by atoms with E-state index in [0.29, 0.717) is 23.9 Å². The van der Waals surface area contributed by atoms with Crippen molar-refractivity contribution in [2.45, 2.75) is 13.3 Å². The van der Waals surface area contributed by atoms with Crippen molar-refractivity contribution in [1.29, 1.82) is 0 Å². The van der Waals surface area contributed by atoms with E-state index in [1.54, 1.807) is 11.9 Å². The Hall–Kier alpha value is -1.86. The Morgan fingerprint density at radius 1 is 1.55 bits per heavy atom. The SMILES string of the molecule is CC1CC1CN(C)C(=O)c1cc(C#CCO)ccc1F. The van der Waals surface area contributed by atoms with Crippen molar-refractivity contribution in [2.75, 3.05) is 20.2 Å². The first-order valence-electron chi connectivity index (χ1n) is 6.67. The van der Waals surface area contributed by atoms with Gasteiger partial charge in [-0.05, 0) is 36.5 Å². The summed E-state index contributed by atoms with van der Waals surface area (Å²) >= 11 is 0. The van der Waals surface area contributed by atoms with E-state index in [9.17, 15) is 9.18 Å². The number of carbonyl (C=O) groups excluding carboxylic acids is 1. The largest absolute Gasteiger partial charge is 0.384 e. The van der Waals surface area contributed by atoms with E-state index in [1.807, 2.05) is 0 Å². The maximum atomic E-state index is 13.8. The zero-order chi connectivity index (χ0) is 14.7. The average Bonchev–Trinajstić information content (AvgIpc) is 3.12. The lowest BCUT2D eigenvalue weighted by Gasteiger charge is -2.17. The van der Waals surface area contributed by atoms with Gasteiger partial charge < -0.3 is 10.0 Å². The number of carbonyl (C=O) groups is 1. The summed E-state index contributed by atoms with van der Waals surface area (Å²) in [5.41, 5.74) is 0.558. The van der Waals surface area contributed by atoms with Gasteiger partial charge in [-0.3, -0.25) is 4.79 Å². The highest BCUT2D eigenvalue weighted by molar-refractivity contribution is 5.94. The molecule has 1 aromatic rings. The number of aliphatic hydroxyl groups is 1. The molecule has 4 heteroatoms. The summed E-state index contributed by atoms with van der Waals surface area (Å²) in [6.07, 6.45) is 1.13. The van der Waals surface area contributed by atoms with Crippen molar-refractivity contribution in [3.63, 3.8) is 0 Å². The second kappa shape index (κ2) is 6.06. The lowest BCUT2D eigenvalue weighted by molar-refractivity contribution is 0.0782. The van der Waals surface area contributed by atoms with Gasteiger partial charge in [0.1, 0.15) is 12.4 Å². The second-order valence-electron chi connectivity index (χ2n) is 5.31. The molecule has 0 aromatic heterocycles. The molecular formula is C16H18FNO2. The van der Waals surface area contributed by atoms with Crippen LogP contribution in [0.4, 0.5) is 4.39 Å². The van der Waals surface area contributed by atoms with Gasteiger partial charge in [0.05, 0.1) is 5.56 Å². The number of nitrogens with zero attached hydrogens (tertiary/aromatic N) is 1. The van der Waals surface area contributed by atoms with Crippen molar-refractivity contribution < 1.29 is 14.3 Å². The van der Waals surface area contributed by atoms with Crippen molar-refractivity contribution in [3.05, 3.63) is 35.1 Å². The molecule has 0 heterocycles. The van der Waals surface area contributed by atoms with Crippen LogP contribution in [0, 0.1) is 29.5 Å². The molecule has 0 bridgehead atoms. The van der Waals surface area contributed by atoms with Gasteiger partial charge in [0.2, 0.25) is 0 Å². The maximum absolute atomic E-state index is 13.8. The molecule has 2 rings (SSSR count). The molecule has 2 unspecified atom stereocenters. The van der Waals surface area contributed by atoms with Gasteiger partial charge in [0.25, 0.3) is 5.91 Å². The minimum atomic E-state index is -0.541. The second-order valence-corrected chi connectivity index (χ2v) is 5.31. The van der Waals surface area contributed by atoms with Crippen molar-refractivity contribution >= 4 is 5.91 Å². The van der Waals surface area contributed by atoms with Crippen LogP contribution in [0.3, 0.4) is 0 Å².